The standard InChI is InChI=1S/C28H45NO6/c1-4-10-23(11-5-2)21-29(28(32)35-25-12-8-7-9-13-25)18-19-34-24-16-14-22(15-17-24)20-26(27(30)31)33-6-3/h14-17,23,25-26H,4-13,18-21H2,1-3H3,(H,30,31). The van der Waals surface area contributed by atoms with Crippen LogP contribution in [0.5, 0.6) is 5.75 Å². The molecule has 1 aliphatic carbocycles. The summed E-state index contributed by atoms with van der Waals surface area (Å²) < 4.78 is 17.1. The minimum Gasteiger partial charge on any atom is -0.492 e. The van der Waals surface area contributed by atoms with E-state index in [4.69, 9.17) is 14.2 Å². The van der Waals surface area contributed by atoms with E-state index < -0.39 is 12.1 Å². The van der Waals surface area contributed by atoms with E-state index in [2.05, 4.69) is 13.8 Å². The average molecular weight is 492 g/mol. The Kier molecular flexibility index (Phi) is 13.6. The molecule has 2 rings (SSSR count). The highest BCUT2D eigenvalue weighted by molar-refractivity contribution is 5.72. The normalized spacial score (nSPS) is 15.1. The summed E-state index contributed by atoms with van der Waals surface area (Å²) in [5.41, 5.74) is 0.873. The fourth-order valence-corrected chi connectivity index (χ4v) is 4.74. The number of hydrogen-bond acceptors (Lipinski definition) is 5. The van der Waals surface area contributed by atoms with Gasteiger partial charge >= 0.3 is 12.1 Å². The molecule has 7 nitrogen and oxygen atoms in total. The molecule has 0 radical (unpaired) electrons. The Labute approximate surface area is 211 Å². The summed E-state index contributed by atoms with van der Waals surface area (Å²) >= 11 is 0. The molecule has 0 saturated heterocycles. The van der Waals surface area contributed by atoms with Gasteiger partial charge in [0.1, 0.15) is 18.5 Å². The van der Waals surface area contributed by atoms with Crippen molar-refractivity contribution in [1.29, 1.82) is 0 Å². The van der Waals surface area contributed by atoms with Gasteiger partial charge in [-0.25, -0.2) is 9.59 Å². The van der Waals surface area contributed by atoms with Crippen molar-refractivity contribution in [1.82, 2.24) is 4.90 Å². The molecule has 0 aromatic heterocycles. The quantitative estimate of drug-likeness (QED) is 0.301. The van der Waals surface area contributed by atoms with Crippen molar-refractivity contribution in [3.8, 4) is 5.75 Å². The highest BCUT2D eigenvalue weighted by Crippen LogP contribution is 2.22. The van der Waals surface area contributed by atoms with Crippen LogP contribution in [0.3, 0.4) is 0 Å². The zero-order valence-corrected chi connectivity index (χ0v) is 21.9. The minimum atomic E-state index is -0.961. The van der Waals surface area contributed by atoms with Gasteiger partial charge in [-0.2, -0.15) is 0 Å². The van der Waals surface area contributed by atoms with Gasteiger partial charge in [0.15, 0.2) is 6.10 Å². The fraction of sp³-hybridized carbons (Fsp3) is 0.714. The monoisotopic (exact) mass is 491 g/mol. The molecule has 1 saturated carbocycles. The summed E-state index contributed by atoms with van der Waals surface area (Å²) in [6, 6.07) is 7.39. The van der Waals surface area contributed by atoms with E-state index in [1.807, 2.05) is 29.2 Å². The number of ether oxygens (including phenoxy) is 3. The fourth-order valence-electron chi connectivity index (χ4n) is 4.74. The van der Waals surface area contributed by atoms with Crippen LogP contribution in [0.1, 0.15) is 84.1 Å². The smallest absolute Gasteiger partial charge is 0.410 e. The zero-order chi connectivity index (χ0) is 25.5. The summed E-state index contributed by atoms with van der Waals surface area (Å²) in [5.74, 6) is 0.198. The van der Waals surface area contributed by atoms with Crippen molar-refractivity contribution in [2.75, 3.05) is 26.3 Å². The van der Waals surface area contributed by atoms with Gasteiger partial charge in [-0.1, -0.05) is 45.2 Å². The zero-order valence-electron chi connectivity index (χ0n) is 21.9. The van der Waals surface area contributed by atoms with Gasteiger partial charge in [0, 0.05) is 19.6 Å². The van der Waals surface area contributed by atoms with Crippen LogP contribution >= 0.6 is 0 Å². The molecule has 1 atom stereocenters. The molecule has 0 heterocycles. The topological polar surface area (TPSA) is 85.3 Å². The molecule has 1 aromatic carbocycles. The second kappa shape index (κ2) is 16.4. The van der Waals surface area contributed by atoms with Crippen LogP contribution in [0.2, 0.25) is 0 Å². The maximum Gasteiger partial charge on any atom is 0.410 e. The van der Waals surface area contributed by atoms with Gasteiger partial charge in [0.05, 0.1) is 6.54 Å². The lowest BCUT2D eigenvalue weighted by Gasteiger charge is -2.30. The highest BCUT2D eigenvalue weighted by atomic mass is 16.6. The van der Waals surface area contributed by atoms with Crippen LogP contribution in [0.4, 0.5) is 4.79 Å². The summed E-state index contributed by atoms with van der Waals surface area (Å²) in [6.07, 6.45) is 9.08. The average Bonchev–Trinajstić information content (AvgIpc) is 2.85. The van der Waals surface area contributed by atoms with Crippen LogP contribution in [0, 0.1) is 5.92 Å². The van der Waals surface area contributed by atoms with E-state index >= 15 is 0 Å². The number of hydrogen-bond donors (Lipinski definition) is 1. The van der Waals surface area contributed by atoms with E-state index in [1.54, 1.807) is 6.92 Å². The molecular weight excluding hydrogens is 446 g/mol. The van der Waals surface area contributed by atoms with Crippen LogP contribution < -0.4 is 4.74 Å². The number of carboxylic acids is 1. The first-order valence-electron chi connectivity index (χ1n) is 13.5. The largest absolute Gasteiger partial charge is 0.492 e. The number of aliphatic carboxylic acids is 1. The summed E-state index contributed by atoms with van der Waals surface area (Å²) in [4.78, 5) is 26.2. The molecule has 1 aromatic rings. The molecule has 0 spiro atoms. The van der Waals surface area contributed by atoms with Gasteiger partial charge in [0.25, 0.3) is 0 Å². The molecule has 1 aliphatic rings. The van der Waals surface area contributed by atoms with Crippen LogP contribution in [0.25, 0.3) is 0 Å². The number of rotatable bonds is 16. The van der Waals surface area contributed by atoms with Crippen LogP contribution in [0.15, 0.2) is 24.3 Å². The Balaban J connectivity index is 1.93. The third-order valence-corrected chi connectivity index (χ3v) is 6.57. The Bertz CT molecular complexity index is 725. The van der Waals surface area contributed by atoms with Crippen molar-refractivity contribution in [3.63, 3.8) is 0 Å². The highest BCUT2D eigenvalue weighted by Gasteiger charge is 2.24. The number of carbonyl (C=O) groups is 2. The second-order valence-electron chi connectivity index (χ2n) is 9.51. The first-order valence-corrected chi connectivity index (χ1v) is 13.5. The van der Waals surface area contributed by atoms with E-state index in [1.165, 1.54) is 6.42 Å². The number of carboxylic acid groups (broad SMARTS) is 1. The molecule has 1 N–H and O–H groups in total. The molecule has 1 fully saturated rings. The maximum absolute atomic E-state index is 13.0. The lowest BCUT2D eigenvalue weighted by molar-refractivity contribution is -0.149. The van der Waals surface area contributed by atoms with E-state index in [-0.39, 0.29) is 12.2 Å². The molecular formula is C28H45NO6. The summed E-state index contributed by atoms with van der Waals surface area (Å²) in [6.45, 7) is 8.07. The van der Waals surface area contributed by atoms with Crippen molar-refractivity contribution in [3.05, 3.63) is 29.8 Å². The third-order valence-electron chi connectivity index (χ3n) is 6.57. The van der Waals surface area contributed by atoms with Gasteiger partial charge in [0.2, 0.25) is 0 Å². The summed E-state index contributed by atoms with van der Waals surface area (Å²) in [7, 11) is 0. The SMILES string of the molecule is CCCC(CCC)CN(CCOc1ccc(CC(OCC)C(=O)O)cc1)C(=O)OC1CCCCC1. The van der Waals surface area contributed by atoms with Gasteiger partial charge in [-0.3, -0.25) is 0 Å². The predicted molar refractivity (Wildman–Crippen MR) is 137 cm³/mol. The summed E-state index contributed by atoms with van der Waals surface area (Å²) in [5, 5.41) is 9.27. The number of amides is 1. The van der Waals surface area contributed by atoms with Crippen molar-refractivity contribution >= 4 is 12.1 Å². The number of carbonyl (C=O) groups excluding carboxylic acids is 1. The Morgan fingerprint density at radius 1 is 1.03 bits per heavy atom. The molecule has 0 bridgehead atoms. The Hall–Kier alpha value is -2.28. The van der Waals surface area contributed by atoms with Gasteiger partial charge in [-0.05, 0) is 69.1 Å². The van der Waals surface area contributed by atoms with Crippen molar-refractivity contribution < 1.29 is 28.9 Å². The molecule has 198 valence electrons. The molecule has 7 heteroatoms. The van der Waals surface area contributed by atoms with Crippen LogP contribution in [-0.2, 0) is 20.7 Å². The molecule has 35 heavy (non-hydrogen) atoms. The van der Waals surface area contributed by atoms with E-state index in [0.29, 0.717) is 44.4 Å². The Morgan fingerprint density at radius 2 is 1.69 bits per heavy atom. The minimum absolute atomic E-state index is 0.0364. The number of benzene rings is 1. The van der Waals surface area contributed by atoms with E-state index in [0.717, 1.165) is 56.9 Å². The first kappa shape index (κ1) is 29.0. The third kappa shape index (κ3) is 10.9. The van der Waals surface area contributed by atoms with Crippen molar-refractivity contribution in [2.24, 2.45) is 5.92 Å². The van der Waals surface area contributed by atoms with Crippen LogP contribution in [-0.4, -0.2) is 60.6 Å². The lowest BCUT2D eigenvalue weighted by Crippen LogP contribution is -2.40. The molecule has 1 unspecified atom stereocenters. The maximum atomic E-state index is 13.0. The molecule has 0 aliphatic heterocycles. The molecule has 1 amide bonds. The lowest BCUT2D eigenvalue weighted by atomic mass is 9.97. The van der Waals surface area contributed by atoms with E-state index in [9.17, 15) is 14.7 Å². The van der Waals surface area contributed by atoms with Crippen molar-refractivity contribution in [2.45, 2.75) is 97.2 Å². The van der Waals surface area contributed by atoms with Gasteiger partial charge < -0.3 is 24.2 Å². The first-order chi connectivity index (χ1) is 17.0. The van der Waals surface area contributed by atoms with Gasteiger partial charge in [-0.15, -0.1) is 0 Å². The number of nitrogens with zero attached hydrogens (tertiary/aromatic N) is 1. The Morgan fingerprint density at radius 3 is 2.26 bits per heavy atom. The predicted octanol–water partition coefficient (Wildman–Crippen LogP) is 6.09. The second-order valence-corrected chi connectivity index (χ2v) is 9.51.